The van der Waals surface area contributed by atoms with Crippen LogP contribution >= 0.6 is 0 Å². The lowest BCUT2D eigenvalue weighted by Gasteiger charge is -2.39. The second-order valence-corrected chi connectivity index (χ2v) is 6.78. The molecule has 0 bridgehead atoms. The summed E-state index contributed by atoms with van der Waals surface area (Å²) in [5.74, 6) is -0.744. The average molecular weight is 341 g/mol. The van der Waals surface area contributed by atoms with E-state index in [9.17, 15) is 9.18 Å². The first-order valence-electron chi connectivity index (χ1n) is 8.71. The zero-order chi connectivity index (χ0) is 17.9. The second kappa shape index (κ2) is 7.36. The molecule has 0 radical (unpaired) electrons. The summed E-state index contributed by atoms with van der Waals surface area (Å²) >= 11 is 0. The Morgan fingerprint density at radius 2 is 1.88 bits per heavy atom. The molecule has 1 fully saturated rings. The van der Waals surface area contributed by atoms with E-state index in [0.29, 0.717) is 25.4 Å². The molecular formula is C21H24FNO2. The summed E-state index contributed by atoms with van der Waals surface area (Å²) in [5.41, 5.74) is 3.16. The third-order valence-electron chi connectivity index (χ3n) is 5.15. The van der Waals surface area contributed by atoms with E-state index in [-0.39, 0.29) is 16.8 Å². The van der Waals surface area contributed by atoms with Gasteiger partial charge in [-0.25, -0.2) is 4.39 Å². The summed E-state index contributed by atoms with van der Waals surface area (Å²) in [7, 11) is 0. The van der Waals surface area contributed by atoms with Crippen molar-refractivity contribution in [1.82, 2.24) is 0 Å². The van der Waals surface area contributed by atoms with Crippen LogP contribution in [0.5, 0.6) is 0 Å². The number of carbonyl (C=O) groups excluding carboxylic acids is 1. The minimum atomic E-state index is -0.477. The lowest BCUT2D eigenvalue weighted by Crippen LogP contribution is -2.40. The number of carbonyl (C=O) groups is 1. The number of anilines is 1. The quantitative estimate of drug-likeness (QED) is 0.814. The molecule has 25 heavy (non-hydrogen) atoms. The first-order valence-corrected chi connectivity index (χ1v) is 8.71. The minimum absolute atomic E-state index is 0.0794. The molecule has 0 amide bonds. The van der Waals surface area contributed by atoms with Crippen molar-refractivity contribution in [2.75, 3.05) is 25.1 Å². The lowest BCUT2D eigenvalue weighted by molar-refractivity contribution is 0.0542. The molecule has 2 aromatic rings. The fourth-order valence-corrected chi connectivity index (χ4v) is 3.77. The molecule has 4 heteroatoms. The van der Waals surface area contributed by atoms with Crippen molar-refractivity contribution in [2.45, 2.75) is 32.1 Å². The largest absolute Gasteiger partial charge is 0.383 e. The first-order chi connectivity index (χ1) is 12.0. The summed E-state index contributed by atoms with van der Waals surface area (Å²) in [6.45, 7) is 5.58. The number of benzene rings is 2. The molecule has 0 aromatic heterocycles. The number of aryl methyl sites for hydroxylation is 1. The van der Waals surface area contributed by atoms with Crippen LogP contribution in [0.3, 0.4) is 0 Å². The topological polar surface area (TPSA) is 38.3 Å². The van der Waals surface area contributed by atoms with Crippen LogP contribution in [-0.2, 0) is 10.2 Å². The molecule has 3 nitrogen and oxygen atoms in total. The SMILES string of the molecule is CC(=O)c1c(F)cccc1NCC1(c2ccccc2C)CCOCC1. The van der Waals surface area contributed by atoms with Gasteiger partial charge in [-0.2, -0.15) is 0 Å². The van der Waals surface area contributed by atoms with Crippen LogP contribution in [0.2, 0.25) is 0 Å². The Labute approximate surface area is 148 Å². The highest BCUT2D eigenvalue weighted by Gasteiger charge is 2.35. The van der Waals surface area contributed by atoms with Gasteiger partial charge in [0.05, 0.1) is 5.56 Å². The maximum Gasteiger partial charge on any atom is 0.164 e. The Morgan fingerprint density at radius 1 is 1.16 bits per heavy atom. The van der Waals surface area contributed by atoms with Gasteiger partial charge in [-0.05, 0) is 49.9 Å². The van der Waals surface area contributed by atoms with E-state index < -0.39 is 5.82 Å². The molecular weight excluding hydrogens is 317 g/mol. The fourth-order valence-electron chi connectivity index (χ4n) is 3.77. The average Bonchev–Trinajstić information content (AvgIpc) is 2.61. The smallest absolute Gasteiger partial charge is 0.164 e. The van der Waals surface area contributed by atoms with Gasteiger partial charge >= 0.3 is 0 Å². The number of ether oxygens (including phenoxy) is 1. The predicted octanol–water partition coefficient (Wildman–Crippen LogP) is 4.50. The Morgan fingerprint density at radius 3 is 2.56 bits per heavy atom. The maximum absolute atomic E-state index is 14.1. The van der Waals surface area contributed by atoms with Gasteiger partial charge < -0.3 is 10.1 Å². The van der Waals surface area contributed by atoms with E-state index in [2.05, 4.69) is 30.4 Å². The number of Topliss-reactive ketones (excluding diaryl/α,β-unsaturated/α-hetero) is 1. The lowest BCUT2D eigenvalue weighted by atomic mass is 9.72. The number of rotatable bonds is 5. The van der Waals surface area contributed by atoms with Crippen molar-refractivity contribution < 1.29 is 13.9 Å². The molecule has 0 spiro atoms. The molecule has 1 aliphatic heterocycles. The van der Waals surface area contributed by atoms with Crippen LogP contribution in [0.1, 0.15) is 41.3 Å². The van der Waals surface area contributed by atoms with Crippen LogP contribution < -0.4 is 5.32 Å². The summed E-state index contributed by atoms with van der Waals surface area (Å²) in [5, 5.41) is 3.36. The standard InChI is InChI=1S/C21H24FNO2/c1-15-6-3-4-7-17(15)21(10-12-25-13-11-21)14-23-19-9-5-8-18(22)20(19)16(2)24/h3-9,23H,10-14H2,1-2H3. The molecule has 0 saturated carbocycles. The minimum Gasteiger partial charge on any atom is -0.383 e. The zero-order valence-electron chi connectivity index (χ0n) is 14.8. The van der Waals surface area contributed by atoms with Gasteiger partial charge in [0.25, 0.3) is 0 Å². The highest BCUT2D eigenvalue weighted by molar-refractivity contribution is 5.99. The monoisotopic (exact) mass is 341 g/mol. The van der Waals surface area contributed by atoms with Crippen LogP contribution in [0.25, 0.3) is 0 Å². The predicted molar refractivity (Wildman–Crippen MR) is 97.8 cm³/mol. The van der Waals surface area contributed by atoms with E-state index in [1.165, 1.54) is 24.1 Å². The Balaban J connectivity index is 1.92. The maximum atomic E-state index is 14.1. The van der Waals surface area contributed by atoms with Crippen molar-refractivity contribution in [1.29, 1.82) is 0 Å². The van der Waals surface area contributed by atoms with Crippen LogP contribution in [0.15, 0.2) is 42.5 Å². The van der Waals surface area contributed by atoms with Crippen LogP contribution in [0, 0.1) is 12.7 Å². The van der Waals surface area contributed by atoms with Crippen molar-refractivity contribution >= 4 is 11.5 Å². The molecule has 132 valence electrons. The molecule has 2 aromatic carbocycles. The van der Waals surface area contributed by atoms with Crippen molar-refractivity contribution in [3.05, 3.63) is 65.0 Å². The van der Waals surface area contributed by atoms with E-state index in [1.807, 2.05) is 6.07 Å². The molecule has 1 saturated heterocycles. The van der Waals surface area contributed by atoms with Crippen molar-refractivity contribution in [2.24, 2.45) is 0 Å². The molecule has 0 atom stereocenters. The van der Waals surface area contributed by atoms with Gasteiger partial charge in [-0.1, -0.05) is 30.3 Å². The van der Waals surface area contributed by atoms with E-state index in [0.717, 1.165) is 12.8 Å². The summed E-state index contributed by atoms with van der Waals surface area (Å²) in [4.78, 5) is 11.8. The summed E-state index contributed by atoms with van der Waals surface area (Å²) in [6, 6.07) is 13.1. The van der Waals surface area contributed by atoms with Crippen molar-refractivity contribution in [3.63, 3.8) is 0 Å². The Kier molecular flexibility index (Phi) is 5.19. The van der Waals surface area contributed by atoms with Gasteiger partial charge in [0, 0.05) is 30.9 Å². The molecule has 0 aliphatic carbocycles. The number of hydrogen-bond acceptors (Lipinski definition) is 3. The summed E-state index contributed by atoms with van der Waals surface area (Å²) < 4.78 is 19.6. The molecule has 0 unspecified atom stereocenters. The van der Waals surface area contributed by atoms with Gasteiger partial charge in [-0.15, -0.1) is 0 Å². The molecule has 1 N–H and O–H groups in total. The van der Waals surface area contributed by atoms with E-state index >= 15 is 0 Å². The highest BCUT2D eigenvalue weighted by atomic mass is 19.1. The van der Waals surface area contributed by atoms with Gasteiger partial charge in [0.15, 0.2) is 5.78 Å². The zero-order valence-corrected chi connectivity index (χ0v) is 14.8. The van der Waals surface area contributed by atoms with E-state index in [4.69, 9.17) is 4.74 Å². The number of halogens is 1. The molecule has 1 heterocycles. The van der Waals surface area contributed by atoms with Crippen molar-refractivity contribution in [3.8, 4) is 0 Å². The number of hydrogen-bond donors (Lipinski definition) is 1. The van der Waals surface area contributed by atoms with Crippen LogP contribution in [0.4, 0.5) is 10.1 Å². The Bertz CT molecular complexity index is 766. The molecule has 3 rings (SSSR count). The van der Waals surface area contributed by atoms with Gasteiger partial charge in [0.2, 0.25) is 0 Å². The van der Waals surface area contributed by atoms with Gasteiger partial charge in [-0.3, -0.25) is 4.79 Å². The second-order valence-electron chi connectivity index (χ2n) is 6.78. The normalized spacial score (nSPS) is 16.4. The third kappa shape index (κ3) is 3.59. The molecule has 1 aliphatic rings. The first kappa shape index (κ1) is 17.6. The van der Waals surface area contributed by atoms with Gasteiger partial charge in [0.1, 0.15) is 5.82 Å². The van der Waals surface area contributed by atoms with E-state index in [1.54, 1.807) is 12.1 Å². The Hall–Kier alpha value is -2.20. The highest BCUT2D eigenvalue weighted by Crippen LogP contribution is 2.37. The number of nitrogens with one attached hydrogen (secondary N) is 1. The van der Waals surface area contributed by atoms with Crippen LogP contribution in [-0.4, -0.2) is 25.5 Å². The number of ketones is 1. The third-order valence-corrected chi connectivity index (χ3v) is 5.15. The summed E-state index contributed by atoms with van der Waals surface area (Å²) in [6.07, 6.45) is 1.80. The fraction of sp³-hybridized carbons (Fsp3) is 0.381.